The van der Waals surface area contributed by atoms with Crippen LogP contribution in [0, 0.1) is 5.82 Å². The van der Waals surface area contributed by atoms with E-state index < -0.39 is 15.8 Å². The molecule has 4 N–H and O–H groups in total. The van der Waals surface area contributed by atoms with Gasteiger partial charge in [0.1, 0.15) is 5.82 Å². The summed E-state index contributed by atoms with van der Waals surface area (Å²) in [5.41, 5.74) is 0.297. The Morgan fingerprint density at radius 3 is 2.76 bits per heavy atom. The molecule has 1 heterocycles. The summed E-state index contributed by atoms with van der Waals surface area (Å²) in [4.78, 5) is -0.218. The number of hydrogen-bond acceptors (Lipinski definition) is 4. The average Bonchev–Trinajstić information content (AvgIpc) is 2.72. The molecule has 94 valence electrons. The maximum atomic E-state index is 13.6. The molecule has 0 bridgehead atoms. The van der Waals surface area contributed by atoms with Gasteiger partial charge in [-0.25, -0.2) is 17.9 Å². The van der Waals surface area contributed by atoms with Crippen molar-refractivity contribution in [1.29, 1.82) is 0 Å². The van der Waals surface area contributed by atoms with E-state index in [-0.39, 0.29) is 10.9 Å². The first-order valence-electron chi connectivity index (χ1n) is 5.26. The van der Waals surface area contributed by atoms with Gasteiger partial charge in [0.05, 0.1) is 10.6 Å². The number of nitrogens with one attached hydrogen (secondary N) is 2. The first-order valence-corrected chi connectivity index (χ1v) is 6.81. The minimum Gasteiger partial charge on any atom is -0.379 e. The van der Waals surface area contributed by atoms with Gasteiger partial charge in [-0.05, 0) is 31.2 Å². The predicted octanol–water partition coefficient (Wildman–Crippen LogP) is 0.247. The van der Waals surface area contributed by atoms with E-state index in [1.165, 1.54) is 12.1 Å². The number of halogens is 1. The SMILES string of the molecule is NS(=O)(=O)c1ccc(NC2CCNC2)c(F)c1. The number of hydrogen-bond donors (Lipinski definition) is 3. The van der Waals surface area contributed by atoms with Crippen molar-refractivity contribution in [3.63, 3.8) is 0 Å². The van der Waals surface area contributed by atoms with Gasteiger partial charge in [-0.1, -0.05) is 0 Å². The van der Waals surface area contributed by atoms with Crippen molar-refractivity contribution in [3.8, 4) is 0 Å². The number of nitrogens with two attached hydrogens (primary N) is 1. The molecular formula is C10H14FN3O2S. The normalized spacial score (nSPS) is 20.5. The lowest BCUT2D eigenvalue weighted by Gasteiger charge is -2.13. The second-order valence-corrected chi connectivity index (χ2v) is 5.58. The van der Waals surface area contributed by atoms with Gasteiger partial charge in [0.25, 0.3) is 0 Å². The third-order valence-corrected chi connectivity index (χ3v) is 3.60. The fraction of sp³-hybridized carbons (Fsp3) is 0.400. The molecule has 1 atom stereocenters. The van der Waals surface area contributed by atoms with Gasteiger partial charge >= 0.3 is 0 Å². The Morgan fingerprint density at radius 2 is 2.24 bits per heavy atom. The summed E-state index contributed by atoms with van der Waals surface area (Å²) in [6.45, 7) is 1.67. The van der Waals surface area contributed by atoms with Gasteiger partial charge < -0.3 is 10.6 Å². The van der Waals surface area contributed by atoms with Crippen LogP contribution in [0.25, 0.3) is 0 Å². The highest BCUT2D eigenvalue weighted by Crippen LogP contribution is 2.19. The third kappa shape index (κ3) is 2.93. The average molecular weight is 259 g/mol. The molecule has 1 aliphatic rings. The zero-order valence-electron chi connectivity index (χ0n) is 9.11. The summed E-state index contributed by atoms with van der Waals surface area (Å²) in [7, 11) is -3.85. The second kappa shape index (κ2) is 4.59. The number of primary sulfonamides is 1. The Kier molecular flexibility index (Phi) is 3.32. The summed E-state index contributed by atoms with van der Waals surface area (Å²) in [6.07, 6.45) is 0.913. The summed E-state index contributed by atoms with van der Waals surface area (Å²) in [5.74, 6) is -0.608. The monoisotopic (exact) mass is 259 g/mol. The van der Waals surface area contributed by atoms with E-state index in [1.807, 2.05) is 0 Å². The summed E-state index contributed by atoms with van der Waals surface area (Å²) in [5, 5.41) is 11.1. The van der Waals surface area contributed by atoms with Gasteiger partial charge in [0.2, 0.25) is 10.0 Å². The lowest BCUT2D eigenvalue weighted by molar-refractivity contribution is 0.592. The van der Waals surface area contributed by atoms with Crippen molar-refractivity contribution >= 4 is 15.7 Å². The lowest BCUT2D eigenvalue weighted by atomic mass is 10.2. The van der Waals surface area contributed by atoms with Crippen molar-refractivity contribution in [3.05, 3.63) is 24.0 Å². The van der Waals surface area contributed by atoms with Gasteiger partial charge in [0, 0.05) is 12.6 Å². The Morgan fingerprint density at radius 1 is 1.47 bits per heavy atom. The van der Waals surface area contributed by atoms with E-state index in [2.05, 4.69) is 10.6 Å². The molecule has 2 rings (SSSR count). The molecule has 7 heteroatoms. The molecule has 0 aromatic heterocycles. The van der Waals surface area contributed by atoms with Gasteiger partial charge in [-0.15, -0.1) is 0 Å². The molecule has 0 radical (unpaired) electrons. The number of benzene rings is 1. The van der Waals surface area contributed by atoms with Crippen LogP contribution in [-0.4, -0.2) is 27.5 Å². The van der Waals surface area contributed by atoms with Crippen LogP contribution in [0.5, 0.6) is 0 Å². The van der Waals surface area contributed by atoms with Crippen molar-refractivity contribution in [1.82, 2.24) is 5.32 Å². The Bertz CT molecular complexity index is 512. The molecular weight excluding hydrogens is 245 g/mol. The molecule has 0 aliphatic carbocycles. The highest BCUT2D eigenvalue weighted by Gasteiger charge is 2.17. The topological polar surface area (TPSA) is 84.2 Å². The van der Waals surface area contributed by atoms with Crippen molar-refractivity contribution in [2.45, 2.75) is 17.4 Å². The molecule has 1 unspecified atom stereocenters. The molecule has 5 nitrogen and oxygen atoms in total. The highest BCUT2D eigenvalue weighted by atomic mass is 32.2. The van der Waals surface area contributed by atoms with Crippen LogP contribution in [0.4, 0.5) is 10.1 Å². The number of rotatable bonds is 3. The lowest BCUT2D eigenvalue weighted by Crippen LogP contribution is -2.22. The molecule has 1 aromatic carbocycles. The van der Waals surface area contributed by atoms with Crippen molar-refractivity contribution in [2.75, 3.05) is 18.4 Å². The molecule has 1 aromatic rings. The Labute approximate surface area is 99.3 Å². The second-order valence-electron chi connectivity index (χ2n) is 4.02. The van der Waals surface area contributed by atoms with E-state index in [0.717, 1.165) is 25.6 Å². The van der Waals surface area contributed by atoms with E-state index in [0.29, 0.717) is 5.69 Å². The van der Waals surface area contributed by atoms with Crippen molar-refractivity contribution in [2.24, 2.45) is 5.14 Å². The van der Waals surface area contributed by atoms with Crippen LogP contribution >= 0.6 is 0 Å². The largest absolute Gasteiger partial charge is 0.379 e. The van der Waals surface area contributed by atoms with E-state index in [4.69, 9.17) is 5.14 Å². The molecule has 1 fully saturated rings. The molecule has 0 saturated carbocycles. The molecule has 1 aliphatic heterocycles. The Balaban J connectivity index is 2.19. The summed E-state index contributed by atoms with van der Waals surface area (Å²) in [6, 6.07) is 3.79. The van der Waals surface area contributed by atoms with Crippen molar-refractivity contribution < 1.29 is 12.8 Å². The zero-order valence-corrected chi connectivity index (χ0v) is 9.93. The quantitative estimate of drug-likeness (QED) is 0.726. The first-order chi connectivity index (χ1) is 7.97. The van der Waals surface area contributed by atoms with Gasteiger partial charge in [-0.2, -0.15) is 0 Å². The van der Waals surface area contributed by atoms with Gasteiger partial charge in [-0.3, -0.25) is 0 Å². The van der Waals surface area contributed by atoms with Crippen LogP contribution < -0.4 is 15.8 Å². The summed E-state index contributed by atoms with van der Waals surface area (Å²) >= 11 is 0. The number of sulfonamides is 1. The zero-order chi connectivity index (χ0) is 12.5. The van der Waals surface area contributed by atoms with E-state index >= 15 is 0 Å². The van der Waals surface area contributed by atoms with E-state index in [1.54, 1.807) is 0 Å². The molecule has 0 spiro atoms. The third-order valence-electron chi connectivity index (χ3n) is 2.69. The predicted molar refractivity (Wildman–Crippen MR) is 62.7 cm³/mol. The van der Waals surface area contributed by atoms with E-state index in [9.17, 15) is 12.8 Å². The van der Waals surface area contributed by atoms with Crippen LogP contribution in [0.2, 0.25) is 0 Å². The molecule has 0 amide bonds. The Hall–Kier alpha value is -1.18. The smallest absolute Gasteiger partial charge is 0.238 e. The molecule has 17 heavy (non-hydrogen) atoms. The molecule has 1 saturated heterocycles. The standard InChI is InChI=1S/C10H14FN3O2S/c11-9-5-8(17(12,15)16)1-2-10(9)14-7-3-4-13-6-7/h1-2,5,7,13-14H,3-4,6H2,(H2,12,15,16). The number of anilines is 1. The maximum absolute atomic E-state index is 13.6. The first kappa shape index (κ1) is 12.3. The minimum atomic E-state index is -3.85. The van der Waals surface area contributed by atoms with Crippen LogP contribution in [0.1, 0.15) is 6.42 Å². The van der Waals surface area contributed by atoms with Gasteiger partial charge in [0.15, 0.2) is 0 Å². The fourth-order valence-corrected chi connectivity index (χ4v) is 2.31. The fourth-order valence-electron chi connectivity index (χ4n) is 1.79. The van der Waals surface area contributed by atoms with Crippen LogP contribution in [0.15, 0.2) is 23.1 Å². The van der Waals surface area contributed by atoms with Crippen LogP contribution in [0.3, 0.4) is 0 Å². The minimum absolute atomic E-state index is 0.171. The highest BCUT2D eigenvalue weighted by molar-refractivity contribution is 7.89. The summed E-state index contributed by atoms with van der Waals surface area (Å²) < 4.78 is 35.7. The maximum Gasteiger partial charge on any atom is 0.238 e. The van der Waals surface area contributed by atoms with Crippen LogP contribution in [-0.2, 0) is 10.0 Å².